The monoisotopic (exact) mass is 233 g/mol. The second-order valence-electron chi connectivity index (χ2n) is 3.84. The van der Waals surface area contributed by atoms with Crippen molar-refractivity contribution in [1.29, 1.82) is 0 Å². The molecule has 1 unspecified atom stereocenters. The van der Waals surface area contributed by atoms with Crippen LogP contribution in [0, 0.1) is 0 Å². The van der Waals surface area contributed by atoms with Gasteiger partial charge < -0.3 is 10.1 Å². The third-order valence-electron chi connectivity index (χ3n) is 2.42. The second-order valence-corrected chi connectivity index (χ2v) is 3.84. The maximum absolute atomic E-state index is 11.4. The Bertz CT molecular complexity index is 348. The van der Waals surface area contributed by atoms with E-state index in [0.29, 0.717) is 6.61 Å². The van der Waals surface area contributed by atoms with Crippen LogP contribution >= 0.6 is 0 Å². The van der Waals surface area contributed by atoms with Crippen LogP contribution in [0.5, 0.6) is 0 Å². The van der Waals surface area contributed by atoms with Crippen LogP contribution in [0.15, 0.2) is 43.0 Å². The number of carbonyl (C=O) groups excluding carboxylic acids is 1. The Hall–Kier alpha value is -1.77. The highest BCUT2D eigenvalue weighted by molar-refractivity contribution is 5.67. The summed E-state index contributed by atoms with van der Waals surface area (Å²) in [4.78, 5) is 11.4. The van der Waals surface area contributed by atoms with Gasteiger partial charge in [-0.3, -0.25) is 0 Å². The van der Waals surface area contributed by atoms with Crippen molar-refractivity contribution in [3.8, 4) is 0 Å². The number of benzene rings is 1. The Morgan fingerprint density at radius 1 is 1.47 bits per heavy atom. The molecule has 17 heavy (non-hydrogen) atoms. The zero-order valence-corrected chi connectivity index (χ0v) is 10.2. The molecule has 1 amide bonds. The van der Waals surface area contributed by atoms with Crippen LogP contribution in [-0.4, -0.2) is 12.7 Å². The molecule has 1 rings (SSSR count). The van der Waals surface area contributed by atoms with Gasteiger partial charge in [-0.15, -0.1) is 6.58 Å². The highest BCUT2D eigenvalue weighted by Crippen LogP contribution is 2.10. The van der Waals surface area contributed by atoms with E-state index in [-0.39, 0.29) is 12.1 Å². The number of alkyl carbamates (subject to hydrolysis) is 1. The predicted octanol–water partition coefficient (Wildman–Crippen LogP) is 3.44. The Morgan fingerprint density at radius 3 is 2.82 bits per heavy atom. The lowest BCUT2D eigenvalue weighted by molar-refractivity contribution is 0.142. The van der Waals surface area contributed by atoms with Gasteiger partial charge in [0.15, 0.2) is 0 Å². The van der Waals surface area contributed by atoms with E-state index < -0.39 is 0 Å². The van der Waals surface area contributed by atoms with Crippen LogP contribution < -0.4 is 5.32 Å². The van der Waals surface area contributed by atoms with Crippen molar-refractivity contribution in [2.75, 3.05) is 6.61 Å². The van der Waals surface area contributed by atoms with Crippen LogP contribution in [0.3, 0.4) is 0 Å². The maximum atomic E-state index is 11.4. The van der Waals surface area contributed by atoms with E-state index in [9.17, 15) is 4.79 Å². The number of carbonyl (C=O) groups is 1. The summed E-state index contributed by atoms with van der Waals surface area (Å²) in [6, 6.07) is 9.75. The van der Waals surface area contributed by atoms with E-state index in [1.54, 1.807) is 0 Å². The smallest absolute Gasteiger partial charge is 0.407 e. The molecule has 3 heteroatoms. The fraction of sp³-hybridized carbons (Fsp3) is 0.357. The zero-order valence-electron chi connectivity index (χ0n) is 10.2. The third kappa shape index (κ3) is 5.20. The van der Waals surface area contributed by atoms with Crippen molar-refractivity contribution in [2.24, 2.45) is 0 Å². The van der Waals surface area contributed by atoms with Crippen LogP contribution in [0.25, 0.3) is 0 Å². The summed E-state index contributed by atoms with van der Waals surface area (Å²) in [5.41, 5.74) is 1.07. The molecule has 0 fully saturated rings. The van der Waals surface area contributed by atoms with Gasteiger partial charge >= 0.3 is 6.09 Å². The second kappa shape index (κ2) is 7.49. The third-order valence-corrected chi connectivity index (χ3v) is 2.42. The van der Waals surface area contributed by atoms with Crippen molar-refractivity contribution in [3.63, 3.8) is 0 Å². The number of ether oxygens (including phenoxy) is 1. The average molecular weight is 233 g/mol. The minimum Gasteiger partial charge on any atom is -0.450 e. The molecule has 0 saturated carbocycles. The summed E-state index contributed by atoms with van der Waals surface area (Å²) in [6.45, 7) is 5.97. The van der Waals surface area contributed by atoms with Gasteiger partial charge in [0.2, 0.25) is 0 Å². The van der Waals surface area contributed by atoms with Crippen LogP contribution in [-0.2, 0) is 4.74 Å². The number of unbranched alkanes of at least 4 members (excludes halogenated alkanes) is 1. The number of hydrogen-bond donors (Lipinski definition) is 1. The Labute approximate surface area is 102 Å². The molecular weight excluding hydrogens is 214 g/mol. The fourth-order valence-electron chi connectivity index (χ4n) is 1.44. The molecule has 1 N–H and O–H groups in total. The van der Waals surface area contributed by atoms with E-state index in [1.807, 2.05) is 43.3 Å². The lowest BCUT2D eigenvalue weighted by Crippen LogP contribution is -2.27. The molecule has 0 aliphatic heterocycles. The zero-order chi connectivity index (χ0) is 12.5. The molecule has 0 saturated heterocycles. The molecule has 1 aromatic rings. The van der Waals surface area contributed by atoms with E-state index in [4.69, 9.17) is 4.74 Å². The van der Waals surface area contributed by atoms with E-state index in [2.05, 4.69) is 11.9 Å². The van der Waals surface area contributed by atoms with Gasteiger partial charge in [-0.1, -0.05) is 36.4 Å². The lowest BCUT2D eigenvalue weighted by Gasteiger charge is -2.14. The number of rotatable bonds is 6. The Kier molecular flexibility index (Phi) is 5.86. The maximum Gasteiger partial charge on any atom is 0.407 e. The first-order valence-corrected chi connectivity index (χ1v) is 5.83. The molecule has 0 radical (unpaired) electrons. The van der Waals surface area contributed by atoms with Gasteiger partial charge in [0.05, 0.1) is 12.6 Å². The summed E-state index contributed by atoms with van der Waals surface area (Å²) >= 11 is 0. The summed E-state index contributed by atoms with van der Waals surface area (Å²) in [6.07, 6.45) is 3.12. The normalized spacial score (nSPS) is 11.6. The van der Waals surface area contributed by atoms with Crippen molar-refractivity contribution in [1.82, 2.24) is 5.32 Å². The van der Waals surface area contributed by atoms with Gasteiger partial charge in [-0.25, -0.2) is 4.79 Å². The van der Waals surface area contributed by atoms with Crippen LogP contribution in [0.4, 0.5) is 4.79 Å². The summed E-state index contributed by atoms with van der Waals surface area (Å²) in [5.74, 6) is 0. The Morgan fingerprint density at radius 2 is 2.18 bits per heavy atom. The average Bonchev–Trinajstić information content (AvgIpc) is 2.36. The number of nitrogens with one attached hydrogen (secondary N) is 1. The van der Waals surface area contributed by atoms with Crippen molar-refractivity contribution >= 4 is 6.09 Å². The highest BCUT2D eigenvalue weighted by atomic mass is 16.5. The molecule has 1 atom stereocenters. The SMILES string of the molecule is C=CCCCOC(=O)NC(C)c1ccccc1. The van der Waals surface area contributed by atoms with Gasteiger partial charge in [0.1, 0.15) is 0 Å². The molecule has 0 aliphatic carbocycles. The first-order chi connectivity index (χ1) is 8.24. The fourth-order valence-corrected chi connectivity index (χ4v) is 1.44. The first kappa shape index (κ1) is 13.3. The molecule has 0 heterocycles. The number of amides is 1. The number of hydrogen-bond acceptors (Lipinski definition) is 2. The molecule has 0 bridgehead atoms. The molecule has 0 aliphatic rings. The minimum atomic E-state index is -0.370. The van der Waals surface area contributed by atoms with E-state index >= 15 is 0 Å². The highest BCUT2D eigenvalue weighted by Gasteiger charge is 2.09. The molecule has 3 nitrogen and oxygen atoms in total. The van der Waals surface area contributed by atoms with Gasteiger partial charge in [-0.05, 0) is 25.3 Å². The molecule has 0 spiro atoms. The van der Waals surface area contributed by atoms with Crippen molar-refractivity contribution < 1.29 is 9.53 Å². The van der Waals surface area contributed by atoms with Gasteiger partial charge in [-0.2, -0.15) is 0 Å². The quantitative estimate of drug-likeness (QED) is 0.603. The molecule has 0 aromatic heterocycles. The first-order valence-electron chi connectivity index (χ1n) is 5.83. The van der Waals surface area contributed by atoms with E-state index in [0.717, 1.165) is 18.4 Å². The molecular formula is C14H19NO2. The van der Waals surface area contributed by atoms with Crippen LogP contribution in [0.2, 0.25) is 0 Å². The number of allylic oxidation sites excluding steroid dienone is 1. The van der Waals surface area contributed by atoms with Gasteiger partial charge in [0, 0.05) is 0 Å². The Balaban J connectivity index is 2.29. The summed E-state index contributed by atoms with van der Waals surface area (Å²) in [5, 5.41) is 2.79. The molecule has 92 valence electrons. The minimum absolute atomic E-state index is 0.0388. The predicted molar refractivity (Wildman–Crippen MR) is 68.8 cm³/mol. The van der Waals surface area contributed by atoms with Crippen LogP contribution in [0.1, 0.15) is 31.4 Å². The summed E-state index contributed by atoms with van der Waals surface area (Å²) in [7, 11) is 0. The topological polar surface area (TPSA) is 38.3 Å². The lowest BCUT2D eigenvalue weighted by atomic mass is 10.1. The largest absolute Gasteiger partial charge is 0.450 e. The molecule has 1 aromatic carbocycles. The van der Waals surface area contributed by atoms with Crippen molar-refractivity contribution in [3.05, 3.63) is 48.6 Å². The summed E-state index contributed by atoms with van der Waals surface area (Å²) < 4.78 is 5.04. The standard InChI is InChI=1S/C14H19NO2/c1-3-4-8-11-17-14(16)15-12(2)13-9-6-5-7-10-13/h3,5-7,9-10,12H,1,4,8,11H2,2H3,(H,15,16). The van der Waals surface area contributed by atoms with E-state index in [1.165, 1.54) is 0 Å². The van der Waals surface area contributed by atoms with Gasteiger partial charge in [0.25, 0.3) is 0 Å². The van der Waals surface area contributed by atoms with Crippen molar-refractivity contribution in [2.45, 2.75) is 25.8 Å².